The number of hydrogen-bond acceptors (Lipinski definition) is 2. The predicted octanol–water partition coefficient (Wildman–Crippen LogP) is 1.82. The van der Waals surface area contributed by atoms with Crippen LogP contribution in [-0.4, -0.2) is 11.9 Å². The molecule has 1 aromatic carbocycles. The van der Waals surface area contributed by atoms with Gasteiger partial charge >= 0.3 is 6.03 Å². The lowest BCUT2D eigenvalue weighted by molar-refractivity contribution is -0.119. The first-order chi connectivity index (χ1) is 7.49. The number of nitrogens with one attached hydrogen (secondary N) is 3. The van der Waals surface area contributed by atoms with Gasteiger partial charge in [-0.3, -0.25) is 10.2 Å². The smallest absolute Gasteiger partial charge is 0.307 e. The minimum atomic E-state index is -0.532. The van der Waals surface area contributed by atoms with E-state index >= 15 is 0 Å². The Bertz CT molecular complexity index is 421. The highest BCUT2D eigenvalue weighted by Crippen LogP contribution is 2.19. The van der Waals surface area contributed by atoms with Crippen LogP contribution in [-0.2, 0) is 4.79 Å². The SMILES string of the molecule is CC(=O)NNC(=O)Nc1ccc(C)c(Cl)c1. The van der Waals surface area contributed by atoms with Crippen molar-refractivity contribution in [2.45, 2.75) is 13.8 Å². The molecule has 0 aliphatic rings. The molecule has 0 atom stereocenters. The van der Waals surface area contributed by atoms with E-state index in [2.05, 4.69) is 16.2 Å². The summed E-state index contributed by atoms with van der Waals surface area (Å²) in [6.45, 7) is 3.16. The van der Waals surface area contributed by atoms with Crippen LogP contribution in [0.3, 0.4) is 0 Å². The predicted molar refractivity (Wildman–Crippen MR) is 62.2 cm³/mol. The molecule has 16 heavy (non-hydrogen) atoms. The quantitative estimate of drug-likeness (QED) is 0.657. The molecule has 0 bridgehead atoms. The normalized spacial score (nSPS) is 9.44. The molecule has 6 heteroatoms. The van der Waals surface area contributed by atoms with Gasteiger partial charge in [0.25, 0.3) is 0 Å². The number of aryl methyl sites for hydroxylation is 1. The van der Waals surface area contributed by atoms with Crippen molar-refractivity contribution in [2.24, 2.45) is 0 Å². The summed E-state index contributed by atoms with van der Waals surface area (Å²) >= 11 is 5.88. The first kappa shape index (κ1) is 12.3. The fourth-order valence-corrected chi connectivity index (χ4v) is 1.16. The highest BCUT2D eigenvalue weighted by molar-refractivity contribution is 6.31. The molecule has 3 N–H and O–H groups in total. The van der Waals surface area contributed by atoms with Gasteiger partial charge in [-0.25, -0.2) is 10.2 Å². The molecular formula is C10H12ClN3O2. The van der Waals surface area contributed by atoms with Crippen LogP contribution in [0.4, 0.5) is 10.5 Å². The summed E-state index contributed by atoms with van der Waals surface area (Å²) in [5, 5.41) is 3.08. The Kier molecular flexibility index (Phi) is 4.13. The Morgan fingerprint density at radius 1 is 1.25 bits per heavy atom. The number of halogens is 1. The van der Waals surface area contributed by atoms with E-state index in [9.17, 15) is 9.59 Å². The number of carbonyl (C=O) groups excluding carboxylic acids is 2. The van der Waals surface area contributed by atoms with Crippen molar-refractivity contribution < 1.29 is 9.59 Å². The minimum absolute atomic E-state index is 0.350. The second kappa shape index (κ2) is 5.37. The van der Waals surface area contributed by atoms with Gasteiger partial charge in [-0.05, 0) is 24.6 Å². The van der Waals surface area contributed by atoms with E-state index in [-0.39, 0.29) is 5.91 Å². The maximum atomic E-state index is 11.2. The van der Waals surface area contributed by atoms with Gasteiger partial charge in [-0.2, -0.15) is 0 Å². The second-order valence-corrected chi connectivity index (χ2v) is 3.63. The number of hydrogen-bond donors (Lipinski definition) is 3. The molecule has 0 unspecified atom stereocenters. The molecule has 1 rings (SSSR count). The number of anilines is 1. The van der Waals surface area contributed by atoms with Gasteiger partial charge in [0.05, 0.1) is 0 Å². The molecule has 5 nitrogen and oxygen atoms in total. The molecule has 0 radical (unpaired) electrons. The van der Waals surface area contributed by atoms with Crippen LogP contribution in [0.2, 0.25) is 5.02 Å². The van der Waals surface area contributed by atoms with Gasteiger partial charge in [0.15, 0.2) is 0 Å². The zero-order valence-electron chi connectivity index (χ0n) is 8.93. The molecule has 0 fully saturated rings. The summed E-state index contributed by atoms with van der Waals surface area (Å²) in [4.78, 5) is 21.8. The van der Waals surface area contributed by atoms with Crippen LogP contribution in [0, 0.1) is 6.92 Å². The zero-order valence-corrected chi connectivity index (χ0v) is 9.68. The number of carbonyl (C=O) groups is 2. The Balaban J connectivity index is 2.56. The maximum Gasteiger partial charge on any atom is 0.337 e. The lowest BCUT2D eigenvalue weighted by Crippen LogP contribution is -2.42. The molecule has 0 aromatic heterocycles. The summed E-state index contributed by atoms with van der Waals surface area (Å²) in [7, 11) is 0. The third-order valence-electron chi connectivity index (χ3n) is 1.78. The van der Waals surface area contributed by atoms with Gasteiger partial charge in [-0.15, -0.1) is 0 Å². The molecule has 0 spiro atoms. The summed E-state index contributed by atoms with van der Waals surface area (Å²) in [5.41, 5.74) is 5.81. The third kappa shape index (κ3) is 3.78. The van der Waals surface area contributed by atoms with Crippen molar-refractivity contribution in [3.8, 4) is 0 Å². The first-order valence-electron chi connectivity index (χ1n) is 4.59. The lowest BCUT2D eigenvalue weighted by Gasteiger charge is -2.08. The lowest BCUT2D eigenvalue weighted by atomic mass is 10.2. The average Bonchev–Trinajstić information content (AvgIpc) is 2.21. The zero-order chi connectivity index (χ0) is 12.1. The number of benzene rings is 1. The van der Waals surface area contributed by atoms with Gasteiger partial charge < -0.3 is 5.32 Å². The van der Waals surface area contributed by atoms with Gasteiger partial charge in [0.1, 0.15) is 0 Å². The van der Waals surface area contributed by atoms with Crippen LogP contribution >= 0.6 is 11.6 Å². The molecular weight excluding hydrogens is 230 g/mol. The van der Waals surface area contributed by atoms with Crippen molar-refractivity contribution >= 4 is 29.2 Å². The van der Waals surface area contributed by atoms with E-state index in [0.717, 1.165) is 5.56 Å². The fourth-order valence-electron chi connectivity index (χ4n) is 0.978. The topological polar surface area (TPSA) is 70.2 Å². The van der Waals surface area contributed by atoms with E-state index in [1.807, 2.05) is 6.92 Å². The molecule has 0 aliphatic carbocycles. The minimum Gasteiger partial charge on any atom is -0.307 e. The number of rotatable bonds is 1. The molecule has 0 heterocycles. The largest absolute Gasteiger partial charge is 0.337 e. The van der Waals surface area contributed by atoms with Crippen LogP contribution in [0.25, 0.3) is 0 Å². The second-order valence-electron chi connectivity index (χ2n) is 3.22. The van der Waals surface area contributed by atoms with Crippen LogP contribution in [0.15, 0.2) is 18.2 Å². The standard InChI is InChI=1S/C10H12ClN3O2/c1-6-3-4-8(5-9(6)11)12-10(16)14-13-7(2)15/h3-5H,1-2H3,(H,13,15)(H2,12,14,16). The van der Waals surface area contributed by atoms with Crippen LogP contribution in [0.1, 0.15) is 12.5 Å². The van der Waals surface area contributed by atoms with E-state index < -0.39 is 6.03 Å². The van der Waals surface area contributed by atoms with Crippen LogP contribution in [0.5, 0.6) is 0 Å². The summed E-state index contributed by atoms with van der Waals surface area (Å²) in [6.07, 6.45) is 0. The number of hydrazine groups is 1. The summed E-state index contributed by atoms with van der Waals surface area (Å²) in [6, 6.07) is 4.60. The number of urea groups is 1. The van der Waals surface area contributed by atoms with Crippen molar-refractivity contribution in [1.29, 1.82) is 0 Å². The van der Waals surface area contributed by atoms with Crippen molar-refractivity contribution in [3.63, 3.8) is 0 Å². The molecule has 86 valence electrons. The van der Waals surface area contributed by atoms with Crippen molar-refractivity contribution in [3.05, 3.63) is 28.8 Å². The van der Waals surface area contributed by atoms with E-state index in [1.54, 1.807) is 18.2 Å². The highest BCUT2D eigenvalue weighted by Gasteiger charge is 2.03. The molecule has 3 amide bonds. The maximum absolute atomic E-state index is 11.2. The Hall–Kier alpha value is -1.75. The van der Waals surface area contributed by atoms with E-state index in [4.69, 9.17) is 11.6 Å². The summed E-state index contributed by atoms with van der Waals surface area (Å²) in [5.74, 6) is -0.350. The third-order valence-corrected chi connectivity index (χ3v) is 2.19. The van der Waals surface area contributed by atoms with Crippen LogP contribution < -0.4 is 16.2 Å². The molecule has 0 saturated carbocycles. The van der Waals surface area contributed by atoms with Gasteiger partial charge in [-0.1, -0.05) is 17.7 Å². The van der Waals surface area contributed by atoms with Gasteiger partial charge in [0.2, 0.25) is 5.91 Å². The first-order valence-corrected chi connectivity index (χ1v) is 4.96. The summed E-state index contributed by atoms with van der Waals surface area (Å²) < 4.78 is 0. The van der Waals surface area contributed by atoms with E-state index in [1.165, 1.54) is 6.92 Å². The Labute approximate surface area is 98.1 Å². The number of amides is 3. The monoisotopic (exact) mass is 241 g/mol. The van der Waals surface area contributed by atoms with Crippen molar-refractivity contribution in [2.75, 3.05) is 5.32 Å². The Morgan fingerprint density at radius 3 is 2.50 bits per heavy atom. The fraction of sp³-hybridized carbons (Fsp3) is 0.200. The molecule has 0 saturated heterocycles. The Morgan fingerprint density at radius 2 is 1.94 bits per heavy atom. The highest BCUT2D eigenvalue weighted by atomic mass is 35.5. The van der Waals surface area contributed by atoms with E-state index in [0.29, 0.717) is 10.7 Å². The molecule has 0 aliphatic heterocycles. The van der Waals surface area contributed by atoms with Crippen molar-refractivity contribution in [1.82, 2.24) is 10.9 Å². The average molecular weight is 242 g/mol. The van der Waals surface area contributed by atoms with Gasteiger partial charge in [0, 0.05) is 17.6 Å². The molecule has 1 aromatic rings.